The number of benzene rings is 4. The van der Waals surface area contributed by atoms with Crippen LogP contribution in [-0.4, -0.2) is 43.1 Å². The second-order valence-corrected chi connectivity index (χ2v) is 21.7. The average molecular weight is 975 g/mol. The number of aromatic nitrogens is 4. The largest absolute Gasteiger partial charge is 0.294 e. The van der Waals surface area contributed by atoms with Crippen molar-refractivity contribution in [3.05, 3.63) is 217 Å². The molecule has 8 rings (SSSR count). The summed E-state index contributed by atoms with van der Waals surface area (Å²) in [4.78, 5) is 65.3. The molecule has 4 aromatic carbocycles. The van der Waals surface area contributed by atoms with E-state index < -0.39 is 11.2 Å². The summed E-state index contributed by atoms with van der Waals surface area (Å²) in [5.41, 5.74) is 8.65. The Morgan fingerprint density at radius 3 is 1.15 bits per heavy atom. The van der Waals surface area contributed by atoms with Crippen molar-refractivity contribution >= 4 is 23.1 Å². The highest BCUT2D eigenvalue weighted by Gasteiger charge is 2.26. The van der Waals surface area contributed by atoms with E-state index >= 15 is 0 Å². The fourth-order valence-corrected chi connectivity index (χ4v) is 7.27. The van der Waals surface area contributed by atoms with Crippen LogP contribution in [0.1, 0.15) is 125 Å². The first-order chi connectivity index (χ1) is 34.3. The second kappa shape index (κ2) is 24.5. The zero-order valence-electron chi connectivity index (χ0n) is 44.2. The molecule has 374 valence electrons. The van der Waals surface area contributed by atoms with Crippen LogP contribution in [0.25, 0.3) is 44.6 Å². The molecule has 0 N–H and O–H groups in total. The Bertz CT molecular complexity index is 2860. The summed E-state index contributed by atoms with van der Waals surface area (Å²) in [5, 5.41) is 0. The molecular weight excluding hydrogens is 908 g/mol. The van der Waals surface area contributed by atoms with Crippen LogP contribution in [0.5, 0.6) is 0 Å². The zero-order valence-corrected chi connectivity index (χ0v) is 44.2. The summed E-state index contributed by atoms with van der Waals surface area (Å²) < 4.78 is 13.7. The van der Waals surface area contributed by atoms with E-state index in [-0.39, 0.29) is 39.4 Å². The highest BCUT2D eigenvalue weighted by atomic mass is 19.1. The zero-order chi connectivity index (χ0) is 53.6. The fourth-order valence-electron chi connectivity index (χ4n) is 7.27. The van der Waals surface area contributed by atoms with Crippen LogP contribution in [0.3, 0.4) is 0 Å². The number of hydrogen-bond acceptors (Lipinski definition) is 8. The van der Waals surface area contributed by atoms with Crippen LogP contribution >= 0.6 is 0 Å². The minimum absolute atomic E-state index is 0.0673. The molecular formula is C64H67FN4O4. The number of rotatable bonds is 8. The maximum absolute atomic E-state index is 13.7. The lowest BCUT2D eigenvalue weighted by Crippen LogP contribution is -2.20. The Morgan fingerprint density at radius 2 is 0.726 bits per heavy atom. The minimum Gasteiger partial charge on any atom is -0.294 e. The van der Waals surface area contributed by atoms with Gasteiger partial charge in [0.15, 0.2) is 23.1 Å². The molecule has 8 aromatic rings. The molecule has 0 unspecified atom stereocenters. The molecule has 0 spiro atoms. The molecule has 0 aliphatic carbocycles. The monoisotopic (exact) mass is 975 g/mol. The Kier molecular flexibility index (Phi) is 18.8. The first kappa shape index (κ1) is 56.0. The highest BCUT2D eigenvalue weighted by Crippen LogP contribution is 2.29. The lowest BCUT2D eigenvalue weighted by molar-refractivity contribution is 0.0852. The smallest absolute Gasteiger partial charge is 0.168 e. The second-order valence-electron chi connectivity index (χ2n) is 21.7. The number of pyridine rings is 4. The van der Waals surface area contributed by atoms with Gasteiger partial charge in [0.05, 0.1) is 5.69 Å². The Balaban J connectivity index is 0.000000181. The summed E-state index contributed by atoms with van der Waals surface area (Å²) in [5.74, 6) is 0.0103. The van der Waals surface area contributed by atoms with Crippen molar-refractivity contribution in [3.8, 4) is 44.6 Å². The number of halogens is 1. The molecule has 0 radical (unpaired) electrons. The molecule has 0 atom stereocenters. The van der Waals surface area contributed by atoms with E-state index in [0.29, 0.717) is 11.1 Å². The molecule has 0 fully saturated rings. The summed E-state index contributed by atoms with van der Waals surface area (Å²) in [6.45, 7) is 22.9. The van der Waals surface area contributed by atoms with E-state index in [2.05, 4.69) is 19.9 Å². The SMILES string of the molecule is CC(C)(C)C(=O)c1cc(F)cc(-c2ccncc2)c1.CC(C)(C)C(=O)c1cccc(-c2ccccn2)c1.CC(C)(C)C(=O)c1cccc(-c2cccnc2)c1.CC(C)(C)C(=O)c1cccc(-c2ccncc2)c1. The molecule has 8 nitrogen and oxygen atoms in total. The van der Waals surface area contributed by atoms with E-state index in [1.165, 1.54) is 12.1 Å². The van der Waals surface area contributed by atoms with Crippen molar-refractivity contribution in [2.45, 2.75) is 83.1 Å². The van der Waals surface area contributed by atoms with E-state index in [1.54, 1.807) is 61.6 Å². The van der Waals surface area contributed by atoms with Gasteiger partial charge in [0.2, 0.25) is 0 Å². The van der Waals surface area contributed by atoms with Crippen molar-refractivity contribution in [3.63, 3.8) is 0 Å². The molecule has 73 heavy (non-hydrogen) atoms. The van der Waals surface area contributed by atoms with E-state index in [4.69, 9.17) is 0 Å². The summed E-state index contributed by atoms with van der Waals surface area (Å²) in [6, 6.07) is 44.7. The quantitative estimate of drug-likeness (QED) is 0.138. The maximum Gasteiger partial charge on any atom is 0.168 e. The highest BCUT2D eigenvalue weighted by molar-refractivity contribution is 6.02. The van der Waals surface area contributed by atoms with Crippen molar-refractivity contribution in [1.82, 2.24) is 19.9 Å². The molecule has 0 saturated carbocycles. The predicted molar refractivity (Wildman–Crippen MR) is 294 cm³/mol. The third-order valence-corrected chi connectivity index (χ3v) is 11.2. The van der Waals surface area contributed by atoms with Crippen LogP contribution in [0.2, 0.25) is 0 Å². The van der Waals surface area contributed by atoms with Crippen LogP contribution < -0.4 is 0 Å². The Labute approximate surface area is 431 Å². The normalized spacial score (nSPS) is 11.3. The fraction of sp³-hybridized carbons (Fsp3) is 0.250. The van der Waals surface area contributed by atoms with Crippen LogP contribution in [-0.2, 0) is 0 Å². The maximum atomic E-state index is 13.7. The van der Waals surface area contributed by atoms with Gasteiger partial charge >= 0.3 is 0 Å². The number of Topliss-reactive ketones (excluding diaryl/α,β-unsaturated/α-hetero) is 4. The van der Waals surface area contributed by atoms with Gasteiger partial charge in [-0.2, -0.15) is 0 Å². The first-order valence-corrected chi connectivity index (χ1v) is 24.3. The van der Waals surface area contributed by atoms with Crippen molar-refractivity contribution in [1.29, 1.82) is 0 Å². The lowest BCUT2D eigenvalue weighted by Gasteiger charge is -2.17. The molecule has 4 aromatic heterocycles. The van der Waals surface area contributed by atoms with Crippen molar-refractivity contribution < 1.29 is 23.6 Å². The first-order valence-electron chi connectivity index (χ1n) is 24.3. The van der Waals surface area contributed by atoms with Crippen LogP contribution in [0.4, 0.5) is 4.39 Å². The average Bonchev–Trinajstić information content (AvgIpc) is 3.38. The molecule has 0 amide bonds. The molecule has 0 bridgehead atoms. The van der Waals surface area contributed by atoms with Gasteiger partial charge in [-0.15, -0.1) is 0 Å². The number of hydrogen-bond donors (Lipinski definition) is 0. The van der Waals surface area contributed by atoms with Crippen LogP contribution in [0, 0.1) is 27.5 Å². The van der Waals surface area contributed by atoms with Gasteiger partial charge in [0, 0.05) is 98.4 Å². The van der Waals surface area contributed by atoms with E-state index in [1.807, 2.05) is 198 Å². The van der Waals surface area contributed by atoms with E-state index in [9.17, 15) is 23.6 Å². The summed E-state index contributed by atoms with van der Waals surface area (Å²) in [7, 11) is 0. The number of ketones is 4. The summed E-state index contributed by atoms with van der Waals surface area (Å²) >= 11 is 0. The third-order valence-electron chi connectivity index (χ3n) is 11.2. The minimum atomic E-state index is -0.524. The van der Waals surface area contributed by atoms with Gasteiger partial charge in [0.25, 0.3) is 0 Å². The van der Waals surface area contributed by atoms with Gasteiger partial charge in [-0.25, -0.2) is 4.39 Å². The van der Waals surface area contributed by atoms with Gasteiger partial charge in [-0.1, -0.05) is 150 Å². The molecule has 0 aliphatic heterocycles. The van der Waals surface area contributed by atoms with E-state index in [0.717, 1.165) is 55.8 Å². The number of carbonyl (C=O) groups excluding carboxylic acids is 4. The molecule has 4 heterocycles. The Hall–Kier alpha value is -7.91. The van der Waals surface area contributed by atoms with Crippen LogP contribution in [0.15, 0.2) is 189 Å². The Morgan fingerprint density at radius 1 is 0.329 bits per heavy atom. The van der Waals surface area contributed by atoms with Crippen molar-refractivity contribution in [2.24, 2.45) is 21.7 Å². The van der Waals surface area contributed by atoms with Gasteiger partial charge < -0.3 is 0 Å². The molecule has 0 aliphatic rings. The van der Waals surface area contributed by atoms with Gasteiger partial charge in [0.1, 0.15) is 5.82 Å². The topological polar surface area (TPSA) is 120 Å². The standard InChI is InChI=1S/C16H16FNO.3C16H17NO/c1-16(2,3)15(19)13-8-12(9-14(17)10-13)11-4-6-18-7-5-11;1-16(2,3)15(18)13-7-4-6-12(10-13)14-8-5-9-17-11-14;1-16(2,3)15(18)13-8-6-7-12(11-13)14-9-4-5-10-17-14;1-16(2,3)15(18)14-6-4-5-13(11-14)12-7-9-17-10-8-12/h4-10H,1-3H3;3*4-11H,1-3H3. The van der Waals surface area contributed by atoms with Gasteiger partial charge in [-0.05, 0) is 107 Å². The number of nitrogens with zero attached hydrogens (tertiary/aromatic N) is 4. The summed E-state index contributed by atoms with van der Waals surface area (Å²) in [6.07, 6.45) is 12.1. The molecule has 0 saturated heterocycles. The third kappa shape index (κ3) is 16.6. The molecule has 9 heteroatoms. The van der Waals surface area contributed by atoms with Crippen molar-refractivity contribution in [2.75, 3.05) is 0 Å². The lowest BCUT2D eigenvalue weighted by atomic mass is 9.85. The van der Waals surface area contributed by atoms with Gasteiger partial charge in [-0.3, -0.25) is 39.1 Å². The predicted octanol–water partition coefficient (Wildman–Crippen LogP) is 16.0. The number of carbonyl (C=O) groups is 4.